The van der Waals surface area contributed by atoms with Crippen LogP contribution in [0.5, 0.6) is 0 Å². The van der Waals surface area contributed by atoms with E-state index in [0.717, 1.165) is 37.4 Å². The Morgan fingerprint density at radius 3 is 2.24 bits per heavy atom. The van der Waals surface area contributed by atoms with E-state index in [1.165, 1.54) is 5.69 Å². The molecule has 154 valence electrons. The van der Waals surface area contributed by atoms with Crippen LogP contribution in [-0.2, 0) is 9.59 Å². The number of nitrogens with one attached hydrogen (secondary N) is 2. The van der Waals surface area contributed by atoms with E-state index in [-0.39, 0.29) is 24.3 Å². The highest BCUT2D eigenvalue weighted by Crippen LogP contribution is 2.20. The molecule has 0 aromatic heterocycles. The highest BCUT2D eigenvalue weighted by molar-refractivity contribution is 5.94. The average Bonchev–Trinajstić information content (AvgIpc) is 2.74. The molecule has 0 bridgehead atoms. The van der Waals surface area contributed by atoms with Crippen molar-refractivity contribution in [2.75, 3.05) is 50.0 Å². The van der Waals surface area contributed by atoms with Crippen LogP contribution in [0.4, 0.5) is 11.4 Å². The Morgan fingerprint density at radius 2 is 1.59 bits per heavy atom. The molecule has 1 aliphatic rings. The van der Waals surface area contributed by atoms with E-state index in [9.17, 15) is 9.59 Å². The van der Waals surface area contributed by atoms with E-state index in [4.69, 9.17) is 0 Å². The van der Waals surface area contributed by atoms with Crippen molar-refractivity contribution in [1.29, 1.82) is 0 Å². The third-order valence-corrected chi connectivity index (χ3v) is 5.33. The lowest BCUT2D eigenvalue weighted by Crippen LogP contribution is -2.44. The quantitative estimate of drug-likeness (QED) is 0.758. The van der Waals surface area contributed by atoms with Crippen molar-refractivity contribution in [3.63, 3.8) is 0 Å². The molecule has 2 aromatic rings. The molecule has 29 heavy (non-hydrogen) atoms. The topological polar surface area (TPSA) is 64.7 Å². The van der Waals surface area contributed by atoms with Gasteiger partial charge in [-0.05, 0) is 42.8 Å². The minimum Gasteiger partial charge on any atom is -0.369 e. The number of benzene rings is 2. The van der Waals surface area contributed by atoms with E-state index in [0.29, 0.717) is 6.42 Å². The monoisotopic (exact) mass is 394 g/mol. The van der Waals surface area contributed by atoms with Gasteiger partial charge in [0.15, 0.2) is 0 Å². The zero-order valence-electron chi connectivity index (χ0n) is 17.2. The molecule has 1 unspecified atom stereocenters. The van der Waals surface area contributed by atoms with Crippen molar-refractivity contribution >= 4 is 23.2 Å². The van der Waals surface area contributed by atoms with Gasteiger partial charge in [-0.2, -0.15) is 0 Å². The maximum atomic E-state index is 12.2. The van der Waals surface area contributed by atoms with Gasteiger partial charge >= 0.3 is 0 Å². The van der Waals surface area contributed by atoms with Gasteiger partial charge in [-0.25, -0.2) is 0 Å². The van der Waals surface area contributed by atoms with Crippen molar-refractivity contribution in [1.82, 2.24) is 10.2 Å². The molecule has 1 fully saturated rings. The molecule has 1 heterocycles. The summed E-state index contributed by atoms with van der Waals surface area (Å²) < 4.78 is 0. The van der Waals surface area contributed by atoms with Crippen LogP contribution in [0.15, 0.2) is 54.6 Å². The lowest BCUT2D eigenvalue weighted by Gasteiger charge is -2.34. The maximum absolute atomic E-state index is 12.2. The summed E-state index contributed by atoms with van der Waals surface area (Å²) in [6.45, 7) is 6.12. The molecule has 1 saturated heterocycles. The highest BCUT2D eigenvalue weighted by atomic mass is 16.2. The van der Waals surface area contributed by atoms with E-state index < -0.39 is 0 Å². The molecule has 3 rings (SSSR count). The fourth-order valence-electron chi connectivity index (χ4n) is 3.45. The van der Waals surface area contributed by atoms with Crippen molar-refractivity contribution in [2.24, 2.45) is 0 Å². The molecule has 0 radical (unpaired) electrons. The van der Waals surface area contributed by atoms with Crippen molar-refractivity contribution in [2.45, 2.75) is 19.3 Å². The predicted molar refractivity (Wildman–Crippen MR) is 117 cm³/mol. The van der Waals surface area contributed by atoms with Crippen LogP contribution in [0.2, 0.25) is 0 Å². The molecule has 2 aromatic carbocycles. The lowest BCUT2D eigenvalue weighted by atomic mass is 9.98. The van der Waals surface area contributed by atoms with E-state index >= 15 is 0 Å². The van der Waals surface area contributed by atoms with Gasteiger partial charge in [-0.15, -0.1) is 0 Å². The zero-order chi connectivity index (χ0) is 20.6. The number of nitrogens with zero attached hydrogens (tertiary/aromatic N) is 2. The Kier molecular flexibility index (Phi) is 7.25. The first-order valence-electron chi connectivity index (χ1n) is 10.2. The standard InChI is InChI=1S/C23H30N4O2/c1-18(19-6-4-3-5-7-19)16-22(28)24-17-23(29)25-20-8-10-21(11-9-20)27-14-12-26(2)13-15-27/h3-11,18H,12-17H2,1-2H3,(H,24,28)(H,25,29). The van der Waals surface area contributed by atoms with Crippen molar-refractivity contribution in [3.8, 4) is 0 Å². The predicted octanol–water partition coefficient (Wildman–Crippen LogP) is 2.69. The van der Waals surface area contributed by atoms with Crippen LogP contribution in [-0.4, -0.2) is 56.5 Å². The molecule has 2 N–H and O–H groups in total. The van der Waals surface area contributed by atoms with Crippen LogP contribution in [0.25, 0.3) is 0 Å². The maximum Gasteiger partial charge on any atom is 0.243 e. The number of amides is 2. The summed E-state index contributed by atoms with van der Waals surface area (Å²) >= 11 is 0. The summed E-state index contributed by atoms with van der Waals surface area (Å²) in [6.07, 6.45) is 0.358. The smallest absolute Gasteiger partial charge is 0.243 e. The Hall–Kier alpha value is -2.86. The van der Waals surface area contributed by atoms with E-state index in [1.807, 2.05) is 61.5 Å². The zero-order valence-corrected chi connectivity index (χ0v) is 17.2. The Bertz CT molecular complexity index is 799. The molecular formula is C23H30N4O2. The van der Waals surface area contributed by atoms with Gasteiger partial charge in [0, 0.05) is 44.0 Å². The normalized spacial score (nSPS) is 15.6. The highest BCUT2D eigenvalue weighted by Gasteiger charge is 2.15. The van der Waals surface area contributed by atoms with Gasteiger partial charge in [0.2, 0.25) is 11.8 Å². The van der Waals surface area contributed by atoms with Gasteiger partial charge < -0.3 is 20.4 Å². The first-order valence-corrected chi connectivity index (χ1v) is 10.2. The van der Waals surface area contributed by atoms with Crippen molar-refractivity contribution < 1.29 is 9.59 Å². The minimum atomic E-state index is -0.224. The molecular weight excluding hydrogens is 364 g/mol. The van der Waals surface area contributed by atoms with Crippen LogP contribution in [0.3, 0.4) is 0 Å². The summed E-state index contributed by atoms with van der Waals surface area (Å²) in [5, 5.41) is 5.55. The SMILES string of the molecule is CC(CC(=O)NCC(=O)Nc1ccc(N2CCN(C)CC2)cc1)c1ccccc1. The summed E-state index contributed by atoms with van der Waals surface area (Å²) in [6, 6.07) is 17.8. The summed E-state index contributed by atoms with van der Waals surface area (Å²) in [5.41, 5.74) is 3.02. The summed E-state index contributed by atoms with van der Waals surface area (Å²) in [7, 11) is 2.14. The molecule has 0 aliphatic carbocycles. The molecule has 1 aliphatic heterocycles. The second-order valence-corrected chi connectivity index (χ2v) is 7.68. The third-order valence-electron chi connectivity index (χ3n) is 5.33. The molecule has 0 saturated carbocycles. The van der Waals surface area contributed by atoms with E-state index in [1.54, 1.807) is 0 Å². The number of anilines is 2. The Labute approximate surface area is 172 Å². The van der Waals surface area contributed by atoms with Crippen LogP contribution in [0.1, 0.15) is 24.8 Å². The van der Waals surface area contributed by atoms with Gasteiger partial charge in [-0.1, -0.05) is 37.3 Å². The van der Waals surface area contributed by atoms with E-state index in [2.05, 4.69) is 27.5 Å². The lowest BCUT2D eigenvalue weighted by molar-refractivity contribution is -0.124. The minimum absolute atomic E-state index is 0.0272. The largest absolute Gasteiger partial charge is 0.369 e. The van der Waals surface area contributed by atoms with Gasteiger partial charge in [0.05, 0.1) is 6.54 Å². The molecule has 1 atom stereocenters. The Morgan fingerprint density at radius 1 is 0.931 bits per heavy atom. The number of piperazine rings is 1. The fraction of sp³-hybridized carbons (Fsp3) is 0.391. The number of hydrogen-bond donors (Lipinski definition) is 2. The number of carbonyl (C=O) groups is 2. The average molecular weight is 395 g/mol. The molecule has 0 spiro atoms. The molecule has 6 heteroatoms. The first kappa shape index (κ1) is 20.9. The first-order chi connectivity index (χ1) is 14.0. The van der Waals surface area contributed by atoms with Crippen molar-refractivity contribution in [3.05, 3.63) is 60.2 Å². The van der Waals surface area contributed by atoms with Crippen LogP contribution < -0.4 is 15.5 Å². The second-order valence-electron chi connectivity index (χ2n) is 7.68. The Balaban J connectivity index is 1.41. The van der Waals surface area contributed by atoms with Gasteiger partial charge in [-0.3, -0.25) is 9.59 Å². The second kappa shape index (κ2) is 10.1. The number of likely N-dealkylation sites (N-methyl/N-ethyl adjacent to an activating group) is 1. The fourth-order valence-corrected chi connectivity index (χ4v) is 3.45. The van der Waals surface area contributed by atoms with Crippen LogP contribution >= 0.6 is 0 Å². The van der Waals surface area contributed by atoms with Gasteiger partial charge in [0.25, 0.3) is 0 Å². The van der Waals surface area contributed by atoms with Gasteiger partial charge in [0.1, 0.15) is 0 Å². The van der Waals surface area contributed by atoms with Crippen LogP contribution in [0, 0.1) is 0 Å². The molecule has 6 nitrogen and oxygen atoms in total. The number of rotatable bonds is 7. The number of carbonyl (C=O) groups excluding carboxylic acids is 2. The number of hydrogen-bond acceptors (Lipinski definition) is 4. The summed E-state index contributed by atoms with van der Waals surface area (Å²) in [4.78, 5) is 28.9. The summed E-state index contributed by atoms with van der Waals surface area (Å²) in [5.74, 6) is -0.235. The molecule has 2 amide bonds. The third kappa shape index (κ3) is 6.32.